The van der Waals surface area contributed by atoms with Crippen molar-refractivity contribution in [3.8, 4) is 5.75 Å². The van der Waals surface area contributed by atoms with Gasteiger partial charge in [-0.2, -0.15) is 0 Å². The van der Waals surface area contributed by atoms with E-state index in [0.29, 0.717) is 16.4 Å². The number of hydrogen-bond acceptors (Lipinski definition) is 6. The van der Waals surface area contributed by atoms with Crippen molar-refractivity contribution >= 4 is 32.5 Å². The van der Waals surface area contributed by atoms with E-state index in [1.165, 1.54) is 28.5 Å². The second kappa shape index (κ2) is 7.33. The maximum absolute atomic E-state index is 12.5. The third-order valence-corrected chi connectivity index (χ3v) is 6.08. The summed E-state index contributed by atoms with van der Waals surface area (Å²) in [5.41, 5.74) is 3.71. The topological polar surface area (TPSA) is 69.9 Å². The van der Waals surface area contributed by atoms with Crippen molar-refractivity contribution < 1.29 is 14.3 Å². The van der Waals surface area contributed by atoms with Gasteiger partial charge in [0.15, 0.2) is 11.6 Å². The number of aromatic nitrogens is 2. The quantitative estimate of drug-likeness (QED) is 0.474. The molecular formula is C22H18N2O4S. The van der Waals surface area contributed by atoms with E-state index in [4.69, 9.17) is 9.47 Å². The highest BCUT2D eigenvalue weighted by Crippen LogP contribution is 2.26. The summed E-state index contributed by atoms with van der Waals surface area (Å²) in [5, 5.41) is 0. The summed E-state index contributed by atoms with van der Waals surface area (Å²) in [7, 11) is 0. The number of nitrogens with zero attached hydrogens (tertiary/aromatic N) is 2. The molecule has 1 aliphatic rings. The summed E-state index contributed by atoms with van der Waals surface area (Å²) in [6.07, 6.45) is 3.32. The minimum Gasteiger partial charge on any atom is -0.482 e. The predicted molar refractivity (Wildman–Crippen MR) is 111 cm³/mol. The Morgan fingerprint density at radius 3 is 2.90 bits per heavy atom. The average molecular weight is 406 g/mol. The van der Waals surface area contributed by atoms with Crippen LogP contribution in [-0.2, 0) is 29.0 Å². The zero-order valence-electron chi connectivity index (χ0n) is 15.6. The monoisotopic (exact) mass is 406 g/mol. The second-order valence-corrected chi connectivity index (χ2v) is 8.02. The SMILES string of the molecule is O=C(COc1ccc2c(c1)CCC2)OCc1cc(=O)n2c(n1)sc1ccccc12. The number of esters is 1. The molecule has 5 rings (SSSR count). The van der Waals surface area contributed by atoms with Gasteiger partial charge in [-0.15, -0.1) is 0 Å². The molecule has 0 amide bonds. The minimum absolute atomic E-state index is 0.0631. The number of carbonyl (C=O) groups is 1. The molecule has 1 aliphatic carbocycles. The Hall–Kier alpha value is -3.19. The Bertz CT molecular complexity index is 1290. The molecule has 0 bridgehead atoms. The van der Waals surface area contributed by atoms with Gasteiger partial charge in [0.25, 0.3) is 5.56 Å². The highest BCUT2D eigenvalue weighted by Gasteiger charge is 2.13. The first-order valence-corrected chi connectivity index (χ1v) is 10.3. The lowest BCUT2D eigenvalue weighted by atomic mass is 10.1. The Morgan fingerprint density at radius 1 is 1.10 bits per heavy atom. The van der Waals surface area contributed by atoms with Crippen molar-refractivity contribution in [3.05, 3.63) is 75.7 Å². The maximum Gasteiger partial charge on any atom is 0.344 e. The van der Waals surface area contributed by atoms with Gasteiger partial charge in [0.2, 0.25) is 0 Å². The van der Waals surface area contributed by atoms with Crippen LogP contribution < -0.4 is 10.3 Å². The number of hydrogen-bond donors (Lipinski definition) is 0. The third-order valence-electron chi connectivity index (χ3n) is 5.06. The van der Waals surface area contributed by atoms with Crippen LogP contribution in [0.5, 0.6) is 5.75 Å². The maximum atomic E-state index is 12.5. The lowest BCUT2D eigenvalue weighted by Crippen LogP contribution is -2.18. The first kappa shape index (κ1) is 17.9. The van der Waals surface area contributed by atoms with Crippen LogP contribution in [0.15, 0.2) is 53.3 Å². The molecule has 4 aromatic rings. The smallest absolute Gasteiger partial charge is 0.344 e. The number of para-hydroxylation sites is 1. The molecule has 7 heteroatoms. The van der Waals surface area contributed by atoms with Crippen LogP contribution in [0.2, 0.25) is 0 Å². The molecule has 0 atom stereocenters. The fourth-order valence-corrected chi connectivity index (χ4v) is 4.72. The largest absolute Gasteiger partial charge is 0.482 e. The van der Waals surface area contributed by atoms with Crippen molar-refractivity contribution in [1.82, 2.24) is 9.38 Å². The molecule has 2 heterocycles. The molecule has 0 aliphatic heterocycles. The number of carbonyl (C=O) groups excluding carboxylic acids is 1. The van der Waals surface area contributed by atoms with Crippen LogP contribution in [0, 0.1) is 0 Å². The van der Waals surface area contributed by atoms with E-state index in [9.17, 15) is 9.59 Å². The van der Waals surface area contributed by atoms with Gasteiger partial charge in [0.1, 0.15) is 12.4 Å². The van der Waals surface area contributed by atoms with Gasteiger partial charge in [0, 0.05) is 6.07 Å². The van der Waals surface area contributed by atoms with E-state index >= 15 is 0 Å². The Kier molecular flexibility index (Phi) is 4.52. The van der Waals surface area contributed by atoms with Gasteiger partial charge in [-0.3, -0.25) is 9.20 Å². The van der Waals surface area contributed by atoms with E-state index in [1.807, 2.05) is 36.4 Å². The van der Waals surface area contributed by atoms with Crippen molar-refractivity contribution in [2.75, 3.05) is 6.61 Å². The van der Waals surface area contributed by atoms with Crippen LogP contribution in [-0.4, -0.2) is 22.0 Å². The highest BCUT2D eigenvalue weighted by atomic mass is 32.1. The van der Waals surface area contributed by atoms with Gasteiger partial charge in [-0.1, -0.05) is 29.5 Å². The van der Waals surface area contributed by atoms with Gasteiger partial charge in [-0.25, -0.2) is 9.78 Å². The van der Waals surface area contributed by atoms with E-state index in [2.05, 4.69) is 11.1 Å². The van der Waals surface area contributed by atoms with E-state index in [-0.39, 0.29) is 18.8 Å². The summed E-state index contributed by atoms with van der Waals surface area (Å²) in [6.45, 7) is -0.241. The van der Waals surface area contributed by atoms with Crippen LogP contribution >= 0.6 is 11.3 Å². The summed E-state index contributed by atoms with van der Waals surface area (Å²) in [5.74, 6) is 0.175. The molecule has 0 saturated carbocycles. The van der Waals surface area contributed by atoms with E-state index in [0.717, 1.165) is 29.5 Å². The first-order chi connectivity index (χ1) is 14.2. The highest BCUT2D eigenvalue weighted by molar-refractivity contribution is 7.23. The fraction of sp³-hybridized carbons (Fsp3) is 0.227. The number of thiazole rings is 1. The fourth-order valence-electron chi connectivity index (χ4n) is 3.67. The molecule has 29 heavy (non-hydrogen) atoms. The molecule has 0 N–H and O–H groups in total. The first-order valence-electron chi connectivity index (χ1n) is 9.48. The number of benzene rings is 2. The second-order valence-electron chi connectivity index (χ2n) is 7.01. The van der Waals surface area contributed by atoms with Gasteiger partial charge >= 0.3 is 5.97 Å². The van der Waals surface area contributed by atoms with Gasteiger partial charge < -0.3 is 9.47 Å². The lowest BCUT2D eigenvalue weighted by molar-refractivity contribution is -0.147. The summed E-state index contributed by atoms with van der Waals surface area (Å²) >= 11 is 1.43. The average Bonchev–Trinajstić information content (AvgIpc) is 3.34. The van der Waals surface area contributed by atoms with Crippen LogP contribution in [0.1, 0.15) is 23.2 Å². The van der Waals surface area contributed by atoms with E-state index in [1.54, 1.807) is 4.40 Å². The molecule has 0 unspecified atom stereocenters. The Balaban J connectivity index is 1.25. The molecule has 2 aromatic heterocycles. The number of fused-ring (bicyclic) bond motifs is 4. The van der Waals surface area contributed by atoms with Crippen LogP contribution in [0.4, 0.5) is 0 Å². The molecular weight excluding hydrogens is 388 g/mol. The molecule has 0 spiro atoms. The predicted octanol–water partition coefficient (Wildman–Crippen LogP) is 3.52. The standard InChI is InChI=1S/C22H18N2O4S/c25-20-11-16(23-22-24(20)18-6-1-2-7-19(18)29-22)12-28-21(26)13-27-17-9-8-14-4-3-5-15(14)10-17/h1-2,6-11H,3-5,12-13H2. The van der Waals surface area contributed by atoms with E-state index < -0.39 is 5.97 Å². The molecule has 0 fully saturated rings. The zero-order chi connectivity index (χ0) is 19.8. The van der Waals surface area contributed by atoms with Crippen LogP contribution in [0.25, 0.3) is 15.2 Å². The van der Waals surface area contributed by atoms with Crippen molar-refractivity contribution in [1.29, 1.82) is 0 Å². The Labute approximate surface area is 170 Å². The molecule has 6 nitrogen and oxygen atoms in total. The molecule has 0 radical (unpaired) electrons. The van der Waals surface area contributed by atoms with Crippen molar-refractivity contribution in [3.63, 3.8) is 0 Å². The molecule has 0 saturated heterocycles. The lowest BCUT2D eigenvalue weighted by Gasteiger charge is -2.08. The number of rotatable bonds is 5. The minimum atomic E-state index is -0.496. The van der Waals surface area contributed by atoms with Gasteiger partial charge in [0.05, 0.1) is 15.9 Å². The van der Waals surface area contributed by atoms with Crippen molar-refractivity contribution in [2.45, 2.75) is 25.9 Å². The summed E-state index contributed by atoms with van der Waals surface area (Å²) < 4.78 is 13.4. The Morgan fingerprint density at radius 2 is 1.97 bits per heavy atom. The summed E-state index contributed by atoms with van der Waals surface area (Å²) in [4.78, 5) is 29.6. The number of aryl methyl sites for hydroxylation is 2. The third kappa shape index (κ3) is 3.49. The zero-order valence-corrected chi connectivity index (χ0v) is 16.4. The normalized spacial score (nSPS) is 13.0. The van der Waals surface area contributed by atoms with Crippen LogP contribution in [0.3, 0.4) is 0 Å². The molecule has 146 valence electrons. The van der Waals surface area contributed by atoms with Gasteiger partial charge in [-0.05, 0) is 54.7 Å². The summed E-state index contributed by atoms with van der Waals surface area (Å²) in [6, 6.07) is 15.0. The molecule has 2 aromatic carbocycles. The van der Waals surface area contributed by atoms with Crippen molar-refractivity contribution in [2.24, 2.45) is 0 Å². The number of ether oxygens (including phenoxy) is 2.